The maximum atomic E-state index is 11.9. The first-order chi connectivity index (χ1) is 8.63. The molecule has 4 heteroatoms. The molecule has 2 rings (SSSR count). The van der Waals surface area contributed by atoms with Gasteiger partial charge in [0.1, 0.15) is 5.58 Å². The van der Waals surface area contributed by atoms with Crippen molar-refractivity contribution in [2.75, 3.05) is 6.54 Å². The van der Waals surface area contributed by atoms with E-state index in [1.54, 1.807) is 6.08 Å². The van der Waals surface area contributed by atoms with Crippen molar-refractivity contribution in [3.63, 3.8) is 0 Å². The molecule has 0 aliphatic rings. The van der Waals surface area contributed by atoms with E-state index in [1.165, 1.54) is 0 Å². The van der Waals surface area contributed by atoms with E-state index in [-0.39, 0.29) is 5.91 Å². The zero-order chi connectivity index (χ0) is 13.1. The Labute approximate surface area is 114 Å². The number of hydrogen-bond acceptors (Lipinski definition) is 2. The van der Waals surface area contributed by atoms with E-state index in [1.807, 2.05) is 25.1 Å². The van der Waals surface area contributed by atoms with Crippen LogP contribution < -0.4 is 5.32 Å². The fourth-order valence-corrected chi connectivity index (χ4v) is 2.14. The number of halogens is 1. The van der Waals surface area contributed by atoms with Crippen LogP contribution in [0.3, 0.4) is 0 Å². The van der Waals surface area contributed by atoms with Gasteiger partial charge in [0.15, 0.2) is 5.76 Å². The normalized spacial score (nSPS) is 10.6. The molecule has 1 aromatic carbocycles. The van der Waals surface area contributed by atoms with Crippen molar-refractivity contribution in [1.82, 2.24) is 5.32 Å². The van der Waals surface area contributed by atoms with Crippen LogP contribution in [-0.4, -0.2) is 12.5 Å². The molecule has 0 aliphatic carbocycles. The molecule has 0 saturated carbocycles. The van der Waals surface area contributed by atoms with Gasteiger partial charge in [-0.1, -0.05) is 22.0 Å². The fourth-order valence-electron chi connectivity index (χ4n) is 1.78. The lowest BCUT2D eigenvalue weighted by Crippen LogP contribution is -2.24. The molecule has 0 bridgehead atoms. The first-order valence-corrected chi connectivity index (χ1v) is 6.50. The lowest BCUT2D eigenvalue weighted by molar-refractivity contribution is 0.0928. The number of carbonyl (C=O) groups excluding carboxylic acids is 1. The first kappa shape index (κ1) is 12.9. The van der Waals surface area contributed by atoms with Crippen molar-refractivity contribution in [2.45, 2.75) is 13.3 Å². The van der Waals surface area contributed by atoms with Crippen molar-refractivity contribution in [3.8, 4) is 0 Å². The molecular formula is C14H14BrNO2. The van der Waals surface area contributed by atoms with E-state index in [2.05, 4.69) is 27.8 Å². The van der Waals surface area contributed by atoms with Gasteiger partial charge in [-0.3, -0.25) is 4.79 Å². The Balaban J connectivity index is 2.31. The average Bonchev–Trinajstić information content (AvgIpc) is 2.67. The van der Waals surface area contributed by atoms with Crippen molar-refractivity contribution in [2.24, 2.45) is 0 Å². The van der Waals surface area contributed by atoms with Crippen LogP contribution in [0, 0.1) is 6.92 Å². The van der Waals surface area contributed by atoms with E-state index < -0.39 is 0 Å². The van der Waals surface area contributed by atoms with Crippen molar-refractivity contribution < 1.29 is 9.21 Å². The molecule has 0 fully saturated rings. The Morgan fingerprint density at radius 3 is 3.06 bits per heavy atom. The van der Waals surface area contributed by atoms with E-state index in [0.29, 0.717) is 12.3 Å². The number of nitrogens with one attached hydrogen (secondary N) is 1. The van der Waals surface area contributed by atoms with Gasteiger partial charge in [0.25, 0.3) is 5.91 Å². The third-order valence-corrected chi connectivity index (χ3v) is 3.23. The summed E-state index contributed by atoms with van der Waals surface area (Å²) in [4.78, 5) is 11.9. The summed E-state index contributed by atoms with van der Waals surface area (Å²) in [6, 6.07) is 5.70. The minimum absolute atomic E-state index is 0.179. The Bertz CT molecular complexity index is 601. The van der Waals surface area contributed by atoms with Gasteiger partial charge in [-0.25, -0.2) is 0 Å². The summed E-state index contributed by atoms with van der Waals surface area (Å²) in [5, 5.41) is 3.76. The lowest BCUT2D eigenvalue weighted by Gasteiger charge is -2.00. The van der Waals surface area contributed by atoms with E-state index >= 15 is 0 Å². The molecule has 1 N–H and O–H groups in total. The molecule has 94 valence electrons. The monoisotopic (exact) mass is 307 g/mol. The number of benzene rings is 1. The smallest absolute Gasteiger partial charge is 0.287 e. The largest absolute Gasteiger partial charge is 0.451 e. The van der Waals surface area contributed by atoms with Crippen molar-refractivity contribution in [1.29, 1.82) is 0 Å². The van der Waals surface area contributed by atoms with Gasteiger partial charge >= 0.3 is 0 Å². The van der Waals surface area contributed by atoms with Gasteiger partial charge in [-0.2, -0.15) is 0 Å². The highest BCUT2D eigenvalue weighted by Gasteiger charge is 2.16. The molecule has 1 heterocycles. The quantitative estimate of drug-likeness (QED) is 0.689. The van der Waals surface area contributed by atoms with Crippen LogP contribution >= 0.6 is 15.9 Å². The minimum atomic E-state index is -0.179. The predicted molar refractivity (Wildman–Crippen MR) is 75.8 cm³/mol. The van der Waals surface area contributed by atoms with Crippen LogP contribution in [0.2, 0.25) is 0 Å². The molecule has 0 atom stereocenters. The maximum absolute atomic E-state index is 11.9. The first-order valence-electron chi connectivity index (χ1n) is 5.71. The maximum Gasteiger partial charge on any atom is 0.287 e. The second-order valence-electron chi connectivity index (χ2n) is 4.03. The second-order valence-corrected chi connectivity index (χ2v) is 4.95. The van der Waals surface area contributed by atoms with Crippen LogP contribution in [0.5, 0.6) is 0 Å². The van der Waals surface area contributed by atoms with Crippen LogP contribution in [0.4, 0.5) is 0 Å². The van der Waals surface area contributed by atoms with E-state index in [9.17, 15) is 4.79 Å². The van der Waals surface area contributed by atoms with Crippen molar-refractivity contribution in [3.05, 3.63) is 46.7 Å². The summed E-state index contributed by atoms with van der Waals surface area (Å²) in [5.41, 5.74) is 1.59. The molecular weight excluding hydrogens is 294 g/mol. The van der Waals surface area contributed by atoms with Gasteiger partial charge < -0.3 is 9.73 Å². The van der Waals surface area contributed by atoms with Gasteiger partial charge in [0.05, 0.1) is 0 Å². The zero-order valence-electron chi connectivity index (χ0n) is 10.1. The molecule has 0 aliphatic heterocycles. The van der Waals surface area contributed by atoms with Gasteiger partial charge in [0, 0.05) is 22.0 Å². The van der Waals surface area contributed by atoms with Crippen LogP contribution in [0.25, 0.3) is 11.0 Å². The standard InChI is InChI=1S/C14H14BrNO2/c1-3-4-7-16-14(17)13-9(2)11-8-10(15)5-6-12(11)18-13/h3,5-6,8H,1,4,7H2,2H3,(H,16,17). The number of rotatable bonds is 4. The Morgan fingerprint density at radius 1 is 1.56 bits per heavy atom. The summed E-state index contributed by atoms with van der Waals surface area (Å²) in [6.45, 7) is 6.07. The molecule has 0 spiro atoms. The van der Waals surface area contributed by atoms with Crippen LogP contribution in [0.1, 0.15) is 22.5 Å². The highest BCUT2D eigenvalue weighted by molar-refractivity contribution is 9.10. The number of amides is 1. The molecule has 3 nitrogen and oxygen atoms in total. The average molecular weight is 308 g/mol. The molecule has 2 aromatic rings. The number of furan rings is 1. The van der Waals surface area contributed by atoms with Gasteiger partial charge in [0.2, 0.25) is 0 Å². The third kappa shape index (κ3) is 2.48. The summed E-state index contributed by atoms with van der Waals surface area (Å²) >= 11 is 3.41. The second kappa shape index (κ2) is 5.40. The molecule has 1 aromatic heterocycles. The van der Waals surface area contributed by atoms with E-state index in [4.69, 9.17) is 4.42 Å². The molecule has 1 amide bonds. The van der Waals surface area contributed by atoms with E-state index in [0.717, 1.165) is 27.4 Å². The summed E-state index contributed by atoms with van der Waals surface area (Å²) in [5.74, 6) is 0.203. The zero-order valence-corrected chi connectivity index (χ0v) is 11.7. The topological polar surface area (TPSA) is 42.2 Å². The summed E-state index contributed by atoms with van der Waals surface area (Å²) in [6.07, 6.45) is 2.51. The Kier molecular flexibility index (Phi) is 3.87. The third-order valence-electron chi connectivity index (χ3n) is 2.74. The molecule has 0 saturated heterocycles. The molecule has 0 unspecified atom stereocenters. The SMILES string of the molecule is C=CCCNC(=O)c1oc2ccc(Br)cc2c1C. The van der Waals surface area contributed by atoms with Gasteiger partial charge in [-0.05, 0) is 31.5 Å². The van der Waals surface area contributed by atoms with Crippen LogP contribution in [-0.2, 0) is 0 Å². The molecule has 0 radical (unpaired) electrons. The predicted octanol–water partition coefficient (Wildman–Crippen LogP) is 3.81. The highest BCUT2D eigenvalue weighted by Crippen LogP contribution is 2.27. The number of fused-ring (bicyclic) bond motifs is 1. The summed E-state index contributed by atoms with van der Waals surface area (Å²) in [7, 11) is 0. The van der Waals surface area contributed by atoms with Crippen LogP contribution in [0.15, 0.2) is 39.7 Å². The lowest BCUT2D eigenvalue weighted by atomic mass is 10.1. The minimum Gasteiger partial charge on any atom is -0.451 e. The fraction of sp³-hybridized carbons (Fsp3) is 0.214. The molecule has 18 heavy (non-hydrogen) atoms. The number of carbonyl (C=O) groups is 1. The summed E-state index contributed by atoms with van der Waals surface area (Å²) < 4.78 is 6.56. The number of hydrogen-bond donors (Lipinski definition) is 1. The highest BCUT2D eigenvalue weighted by atomic mass is 79.9. The Hall–Kier alpha value is -1.55. The number of aryl methyl sites for hydroxylation is 1. The Morgan fingerprint density at radius 2 is 2.33 bits per heavy atom. The van der Waals surface area contributed by atoms with Gasteiger partial charge in [-0.15, -0.1) is 6.58 Å². The van der Waals surface area contributed by atoms with Crippen molar-refractivity contribution >= 4 is 32.8 Å².